The van der Waals surface area contributed by atoms with Gasteiger partial charge in [0.05, 0.1) is 0 Å². The minimum absolute atomic E-state index is 0.627. The monoisotopic (exact) mass is 250 g/mol. The second-order valence-electron chi connectivity index (χ2n) is 4.57. The average molecular weight is 250 g/mol. The van der Waals surface area contributed by atoms with Gasteiger partial charge in [0.2, 0.25) is 0 Å². The zero-order valence-electron chi connectivity index (χ0n) is 10.8. The van der Waals surface area contributed by atoms with Crippen molar-refractivity contribution in [3.63, 3.8) is 0 Å². The van der Waals surface area contributed by atoms with E-state index in [1.807, 2.05) is 11.8 Å². The molecule has 0 radical (unpaired) electrons. The third kappa shape index (κ3) is 3.17. The Morgan fingerprint density at radius 3 is 3.12 bits per heavy atom. The molecular formula is C14H22N2S. The zero-order chi connectivity index (χ0) is 12.1. The van der Waals surface area contributed by atoms with Crippen LogP contribution in [0.2, 0.25) is 0 Å². The van der Waals surface area contributed by atoms with Gasteiger partial charge in [-0.25, -0.2) is 0 Å². The van der Waals surface area contributed by atoms with Crippen LogP contribution in [0.5, 0.6) is 0 Å². The predicted octanol–water partition coefficient (Wildman–Crippen LogP) is 2.89. The van der Waals surface area contributed by atoms with Crippen molar-refractivity contribution in [1.82, 2.24) is 5.32 Å². The first kappa shape index (κ1) is 12.8. The van der Waals surface area contributed by atoms with Crippen LogP contribution in [0.1, 0.15) is 24.5 Å². The summed E-state index contributed by atoms with van der Waals surface area (Å²) in [5.74, 6) is 1.19. The lowest BCUT2D eigenvalue weighted by molar-refractivity contribution is 0.542. The van der Waals surface area contributed by atoms with E-state index in [1.54, 1.807) is 0 Å². The molecular weight excluding hydrogens is 228 g/mol. The SMILES string of the molecule is CCC(CSC)NCc1cccc2c1NCC2. The number of anilines is 1. The largest absolute Gasteiger partial charge is 0.384 e. The molecule has 17 heavy (non-hydrogen) atoms. The van der Waals surface area contributed by atoms with Gasteiger partial charge < -0.3 is 10.6 Å². The number of benzene rings is 1. The van der Waals surface area contributed by atoms with Crippen LogP contribution in [-0.2, 0) is 13.0 Å². The molecule has 1 aliphatic rings. The zero-order valence-corrected chi connectivity index (χ0v) is 11.6. The highest BCUT2D eigenvalue weighted by Gasteiger charge is 2.14. The molecule has 1 heterocycles. The van der Waals surface area contributed by atoms with Crippen molar-refractivity contribution in [2.45, 2.75) is 32.4 Å². The lowest BCUT2D eigenvalue weighted by Crippen LogP contribution is -2.30. The summed E-state index contributed by atoms with van der Waals surface area (Å²) in [6.45, 7) is 4.32. The van der Waals surface area contributed by atoms with Crippen LogP contribution in [0.25, 0.3) is 0 Å². The Morgan fingerprint density at radius 2 is 2.35 bits per heavy atom. The maximum absolute atomic E-state index is 3.66. The van der Waals surface area contributed by atoms with Gasteiger partial charge in [0, 0.05) is 30.6 Å². The van der Waals surface area contributed by atoms with Gasteiger partial charge in [0.1, 0.15) is 0 Å². The first-order valence-electron chi connectivity index (χ1n) is 6.42. The first-order valence-corrected chi connectivity index (χ1v) is 7.81. The standard InChI is InChI=1S/C14H22N2S/c1-3-13(10-17-2)16-9-12-6-4-5-11-7-8-15-14(11)12/h4-6,13,15-16H,3,7-10H2,1-2H3. The molecule has 2 nitrogen and oxygen atoms in total. The van der Waals surface area contributed by atoms with Crippen molar-refractivity contribution in [2.24, 2.45) is 0 Å². The summed E-state index contributed by atoms with van der Waals surface area (Å²) in [5, 5.41) is 7.15. The molecule has 1 aliphatic heterocycles. The molecule has 2 rings (SSSR count). The Morgan fingerprint density at radius 1 is 1.47 bits per heavy atom. The molecule has 0 aliphatic carbocycles. The maximum Gasteiger partial charge on any atom is 0.0419 e. The van der Waals surface area contributed by atoms with E-state index in [1.165, 1.54) is 35.4 Å². The normalized spacial score (nSPS) is 15.4. The molecule has 0 fully saturated rings. The summed E-state index contributed by atoms with van der Waals surface area (Å²) < 4.78 is 0. The summed E-state index contributed by atoms with van der Waals surface area (Å²) in [6.07, 6.45) is 4.54. The Labute approximate surface area is 109 Å². The van der Waals surface area contributed by atoms with Crippen molar-refractivity contribution in [3.8, 4) is 0 Å². The van der Waals surface area contributed by atoms with Crippen LogP contribution < -0.4 is 10.6 Å². The minimum atomic E-state index is 0.627. The van der Waals surface area contributed by atoms with Crippen molar-refractivity contribution in [1.29, 1.82) is 0 Å². The van der Waals surface area contributed by atoms with Crippen LogP contribution in [0.3, 0.4) is 0 Å². The number of hydrogen-bond donors (Lipinski definition) is 2. The first-order chi connectivity index (χ1) is 8.35. The van der Waals surface area contributed by atoms with Gasteiger partial charge in [-0.3, -0.25) is 0 Å². The molecule has 1 atom stereocenters. The van der Waals surface area contributed by atoms with E-state index >= 15 is 0 Å². The number of nitrogens with one attached hydrogen (secondary N) is 2. The second kappa shape index (κ2) is 6.31. The number of para-hydroxylation sites is 1. The molecule has 0 bridgehead atoms. The number of fused-ring (bicyclic) bond motifs is 1. The molecule has 1 aromatic rings. The number of hydrogen-bond acceptors (Lipinski definition) is 3. The van der Waals surface area contributed by atoms with E-state index in [0.29, 0.717) is 6.04 Å². The smallest absolute Gasteiger partial charge is 0.0419 e. The van der Waals surface area contributed by atoms with E-state index in [0.717, 1.165) is 13.1 Å². The Hall–Kier alpha value is -0.670. The van der Waals surface area contributed by atoms with Gasteiger partial charge in [0.25, 0.3) is 0 Å². The molecule has 0 saturated carbocycles. The molecule has 94 valence electrons. The third-order valence-electron chi connectivity index (χ3n) is 3.37. The van der Waals surface area contributed by atoms with Gasteiger partial charge in [-0.2, -0.15) is 11.8 Å². The Balaban J connectivity index is 1.97. The molecule has 0 aromatic heterocycles. The van der Waals surface area contributed by atoms with Crippen LogP contribution in [0, 0.1) is 0 Å². The number of thioether (sulfide) groups is 1. The minimum Gasteiger partial charge on any atom is -0.384 e. The summed E-state index contributed by atoms with van der Waals surface area (Å²) in [4.78, 5) is 0. The Bertz CT molecular complexity index is 365. The quantitative estimate of drug-likeness (QED) is 0.812. The third-order valence-corrected chi connectivity index (χ3v) is 4.11. The summed E-state index contributed by atoms with van der Waals surface area (Å²) in [7, 11) is 0. The van der Waals surface area contributed by atoms with Crippen molar-refractivity contribution in [2.75, 3.05) is 23.9 Å². The highest BCUT2D eigenvalue weighted by molar-refractivity contribution is 7.98. The second-order valence-corrected chi connectivity index (χ2v) is 5.48. The van der Waals surface area contributed by atoms with E-state index in [2.05, 4.69) is 42.0 Å². The van der Waals surface area contributed by atoms with E-state index < -0.39 is 0 Å². The fourth-order valence-corrected chi connectivity index (χ4v) is 3.09. The predicted molar refractivity (Wildman–Crippen MR) is 77.9 cm³/mol. The fraction of sp³-hybridized carbons (Fsp3) is 0.571. The number of rotatable bonds is 6. The Kier molecular flexibility index (Phi) is 4.75. The van der Waals surface area contributed by atoms with Gasteiger partial charge in [-0.15, -0.1) is 0 Å². The van der Waals surface area contributed by atoms with Crippen LogP contribution in [0.4, 0.5) is 5.69 Å². The maximum atomic E-state index is 3.66. The van der Waals surface area contributed by atoms with Crippen molar-refractivity contribution < 1.29 is 0 Å². The summed E-state index contributed by atoms with van der Waals surface area (Å²) in [6, 6.07) is 7.27. The molecule has 0 spiro atoms. The lowest BCUT2D eigenvalue weighted by atomic mass is 10.1. The molecule has 2 N–H and O–H groups in total. The van der Waals surface area contributed by atoms with Gasteiger partial charge in [-0.05, 0) is 30.2 Å². The van der Waals surface area contributed by atoms with E-state index in [-0.39, 0.29) is 0 Å². The summed E-state index contributed by atoms with van der Waals surface area (Å²) >= 11 is 1.92. The molecule has 1 unspecified atom stereocenters. The molecule has 1 aromatic carbocycles. The van der Waals surface area contributed by atoms with Crippen LogP contribution in [0.15, 0.2) is 18.2 Å². The van der Waals surface area contributed by atoms with Gasteiger partial charge >= 0.3 is 0 Å². The van der Waals surface area contributed by atoms with Gasteiger partial charge in [-0.1, -0.05) is 25.1 Å². The summed E-state index contributed by atoms with van der Waals surface area (Å²) in [5.41, 5.74) is 4.26. The average Bonchev–Trinajstić information content (AvgIpc) is 2.83. The van der Waals surface area contributed by atoms with Crippen LogP contribution in [-0.4, -0.2) is 24.6 Å². The van der Waals surface area contributed by atoms with Crippen molar-refractivity contribution >= 4 is 17.4 Å². The lowest BCUT2D eigenvalue weighted by Gasteiger charge is -2.17. The molecule has 0 amide bonds. The van der Waals surface area contributed by atoms with Gasteiger partial charge in [0.15, 0.2) is 0 Å². The highest BCUT2D eigenvalue weighted by atomic mass is 32.2. The van der Waals surface area contributed by atoms with Crippen molar-refractivity contribution in [3.05, 3.63) is 29.3 Å². The molecule has 3 heteroatoms. The van der Waals surface area contributed by atoms with E-state index in [9.17, 15) is 0 Å². The fourth-order valence-electron chi connectivity index (χ4n) is 2.33. The van der Waals surface area contributed by atoms with E-state index in [4.69, 9.17) is 0 Å². The topological polar surface area (TPSA) is 24.1 Å². The van der Waals surface area contributed by atoms with Crippen LogP contribution >= 0.6 is 11.8 Å². The molecule has 0 saturated heterocycles. The highest BCUT2D eigenvalue weighted by Crippen LogP contribution is 2.26.